The van der Waals surface area contributed by atoms with Gasteiger partial charge in [-0.15, -0.1) is 11.8 Å². The SMILES string of the molecule is CC1(C)S[C@@H]([C@H](N=CN2CCC=CCC2)C(=O)O)N[C@H]1C(=O)O. The van der Waals surface area contributed by atoms with Crippen LogP contribution in [0.1, 0.15) is 26.7 Å². The second kappa shape index (κ2) is 7.35. The van der Waals surface area contributed by atoms with Gasteiger partial charge in [0.25, 0.3) is 0 Å². The van der Waals surface area contributed by atoms with Gasteiger partial charge in [0.05, 0.1) is 11.7 Å². The Morgan fingerprint density at radius 1 is 1.35 bits per heavy atom. The number of nitrogens with one attached hydrogen (secondary N) is 1. The van der Waals surface area contributed by atoms with Gasteiger partial charge >= 0.3 is 11.9 Å². The maximum Gasteiger partial charge on any atom is 0.331 e. The van der Waals surface area contributed by atoms with E-state index in [2.05, 4.69) is 22.5 Å². The van der Waals surface area contributed by atoms with E-state index < -0.39 is 34.1 Å². The maximum absolute atomic E-state index is 11.6. The Morgan fingerprint density at radius 3 is 2.43 bits per heavy atom. The molecule has 8 heteroatoms. The summed E-state index contributed by atoms with van der Waals surface area (Å²) in [7, 11) is 0. The zero-order valence-corrected chi connectivity index (χ0v) is 14.1. The number of rotatable bonds is 5. The molecule has 2 aliphatic heterocycles. The number of aliphatic imine (C=N–C) groups is 1. The van der Waals surface area contributed by atoms with E-state index in [9.17, 15) is 19.8 Å². The Morgan fingerprint density at radius 2 is 1.96 bits per heavy atom. The fourth-order valence-electron chi connectivity index (χ4n) is 2.70. The molecule has 2 aliphatic rings. The highest BCUT2D eigenvalue weighted by atomic mass is 32.2. The van der Waals surface area contributed by atoms with E-state index in [1.807, 2.05) is 4.90 Å². The van der Waals surface area contributed by atoms with Gasteiger partial charge in [0.2, 0.25) is 0 Å². The van der Waals surface area contributed by atoms with Crippen molar-refractivity contribution in [1.82, 2.24) is 10.2 Å². The molecule has 0 aliphatic carbocycles. The van der Waals surface area contributed by atoms with Crippen LogP contribution in [0.4, 0.5) is 0 Å². The number of nitrogens with zero attached hydrogens (tertiary/aromatic N) is 2. The molecular weight excluding hydrogens is 318 g/mol. The van der Waals surface area contributed by atoms with Gasteiger partial charge in [-0.2, -0.15) is 0 Å². The van der Waals surface area contributed by atoms with Crippen molar-refractivity contribution >= 4 is 30.0 Å². The molecular formula is C15H23N3O4S. The summed E-state index contributed by atoms with van der Waals surface area (Å²) in [4.78, 5) is 29.1. The summed E-state index contributed by atoms with van der Waals surface area (Å²) in [5.41, 5.74) is 0. The lowest BCUT2D eigenvalue weighted by atomic mass is 10.0. The smallest absolute Gasteiger partial charge is 0.331 e. The van der Waals surface area contributed by atoms with Crippen molar-refractivity contribution in [3.63, 3.8) is 0 Å². The van der Waals surface area contributed by atoms with Crippen LogP contribution in [0, 0.1) is 0 Å². The van der Waals surface area contributed by atoms with Crippen LogP contribution in [0.5, 0.6) is 0 Å². The van der Waals surface area contributed by atoms with E-state index in [4.69, 9.17) is 0 Å². The van der Waals surface area contributed by atoms with Crippen molar-refractivity contribution in [2.75, 3.05) is 13.1 Å². The summed E-state index contributed by atoms with van der Waals surface area (Å²) in [6.07, 6.45) is 7.63. The number of carboxylic acids is 2. The monoisotopic (exact) mass is 341 g/mol. The third-order valence-corrected chi connectivity index (χ3v) is 5.46. The summed E-state index contributed by atoms with van der Waals surface area (Å²) in [5, 5.41) is 21.1. The second-order valence-corrected chi connectivity index (χ2v) is 8.01. The lowest BCUT2D eigenvalue weighted by molar-refractivity contribution is -0.141. The van der Waals surface area contributed by atoms with Gasteiger partial charge < -0.3 is 15.1 Å². The van der Waals surface area contributed by atoms with Gasteiger partial charge in [-0.25, -0.2) is 4.79 Å². The van der Waals surface area contributed by atoms with Gasteiger partial charge in [0.15, 0.2) is 6.04 Å². The summed E-state index contributed by atoms with van der Waals surface area (Å²) in [6, 6.07) is -1.81. The van der Waals surface area contributed by atoms with Gasteiger partial charge in [0, 0.05) is 17.8 Å². The fraction of sp³-hybridized carbons (Fsp3) is 0.667. The van der Waals surface area contributed by atoms with Crippen LogP contribution in [0.3, 0.4) is 0 Å². The first-order chi connectivity index (χ1) is 10.8. The van der Waals surface area contributed by atoms with Crippen molar-refractivity contribution in [1.29, 1.82) is 0 Å². The van der Waals surface area contributed by atoms with Crippen LogP contribution >= 0.6 is 11.8 Å². The predicted octanol–water partition coefficient (Wildman–Crippen LogP) is 1.01. The fourth-order valence-corrected chi connectivity index (χ4v) is 4.18. The number of thioether (sulfide) groups is 1. The Labute approximate surface area is 139 Å². The van der Waals surface area contributed by atoms with Gasteiger partial charge in [-0.3, -0.25) is 15.1 Å². The van der Waals surface area contributed by atoms with Crippen molar-refractivity contribution in [2.45, 2.75) is 48.9 Å². The number of hydrogen-bond donors (Lipinski definition) is 3. The molecule has 0 bridgehead atoms. The quantitative estimate of drug-likeness (QED) is 0.390. The van der Waals surface area contributed by atoms with Crippen LogP contribution in [0.15, 0.2) is 17.1 Å². The van der Waals surface area contributed by atoms with Crippen molar-refractivity contribution in [3.05, 3.63) is 12.2 Å². The molecule has 0 spiro atoms. The molecule has 2 heterocycles. The molecule has 1 saturated heterocycles. The predicted molar refractivity (Wildman–Crippen MR) is 89.9 cm³/mol. The number of hydrogen-bond acceptors (Lipinski definition) is 5. The molecule has 0 saturated carbocycles. The van der Waals surface area contributed by atoms with Crippen molar-refractivity contribution in [2.24, 2.45) is 4.99 Å². The van der Waals surface area contributed by atoms with Gasteiger partial charge in [0.1, 0.15) is 6.04 Å². The molecule has 0 unspecified atom stereocenters. The average molecular weight is 341 g/mol. The Hall–Kier alpha value is -1.54. The molecule has 0 aromatic carbocycles. The molecule has 128 valence electrons. The summed E-state index contributed by atoms with van der Waals surface area (Å²) >= 11 is 1.31. The van der Waals surface area contributed by atoms with E-state index in [1.54, 1.807) is 20.2 Å². The van der Waals surface area contributed by atoms with Crippen LogP contribution in [-0.2, 0) is 9.59 Å². The molecule has 0 aromatic heterocycles. The molecule has 23 heavy (non-hydrogen) atoms. The first-order valence-corrected chi connectivity index (χ1v) is 8.51. The first kappa shape index (κ1) is 17.8. The molecule has 7 nitrogen and oxygen atoms in total. The minimum Gasteiger partial charge on any atom is -0.480 e. The molecule has 0 aromatic rings. The van der Waals surface area contributed by atoms with Gasteiger partial charge in [-0.1, -0.05) is 12.2 Å². The maximum atomic E-state index is 11.6. The Kier molecular flexibility index (Phi) is 5.69. The van der Waals surface area contributed by atoms with Crippen LogP contribution in [0.25, 0.3) is 0 Å². The van der Waals surface area contributed by atoms with E-state index in [0.717, 1.165) is 25.9 Å². The van der Waals surface area contributed by atoms with E-state index in [1.165, 1.54) is 11.8 Å². The third kappa shape index (κ3) is 4.48. The normalized spacial score (nSPS) is 28.7. The number of carboxylic acid groups (broad SMARTS) is 2. The molecule has 0 amide bonds. The van der Waals surface area contributed by atoms with E-state index in [-0.39, 0.29) is 0 Å². The van der Waals surface area contributed by atoms with E-state index in [0.29, 0.717) is 0 Å². The van der Waals surface area contributed by atoms with Crippen LogP contribution in [0.2, 0.25) is 0 Å². The third-order valence-electron chi connectivity index (χ3n) is 3.97. The highest BCUT2D eigenvalue weighted by Gasteiger charge is 2.49. The van der Waals surface area contributed by atoms with Crippen molar-refractivity contribution < 1.29 is 19.8 Å². The van der Waals surface area contributed by atoms with Crippen LogP contribution in [-0.4, -0.2) is 68.7 Å². The Bertz CT molecular complexity index is 511. The lowest BCUT2D eigenvalue weighted by Gasteiger charge is -2.21. The second-order valence-electron chi connectivity index (χ2n) is 6.21. The zero-order chi connectivity index (χ0) is 17.0. The topological polar surface area (TPSA) is 102 Å². The molecule has 2 rings (SSSR count). The largest absolute Gasteiger partial charge is 0.480 e. The zero-order valence-electron chi connectivity index (χ0n) is 13.3. The standard InChI is InChI=1S/C15H23N3O4S/c1-15(2)11(14(21)22)17-12(23-15)10(13(19)20)16-9-18-7-5-3-4-6-8-18/h3-4,9-12,17H,5-8H2,1-2H3,(H,19,20)(H,21,22)/t10-,11-,12-/m0/s1. The van der Waals surface area contributed by atoms with Crippen LogP contribution < -0.4 is 5.32 Å². The summed E-state index contributed by atoms with van der Waals surface area (Å²) in [6.45, 7) is 5.21. The summed E-state index contributed by atoms with van der Waals surface area (Å²) < 4.78 is -0.591. The minimum atomic E-state index is -1.05. The first-order valence-electron chi connectivity index (χ1n) is 7.63. The van der Waals surface area contributed by atoms with Gasteiger partial charge in [-0.05, 0) is 26.7 Å². The molecule has 0 radical (unpaired) electrons. The molecule has 3 atom stereocenters. The number of aliphatic carboxylic acids is 2. The highest BCUT2D eigenvalue weighted by Crippen LogP contribution is 2.39. The lowest BCUT2D eigenvalue weighted by Crippen LogP contribution is -2.47. The van der Waals surface area contributed by atoms with Crippen molar-refractivity contribution in [3.8, 4) is 0 Å². The van der Waals surface area contributed by atoms with E-state index >= 15 is 0 Å². The molecule has 1 fully saturated rings. The summed E-state index contributed by atoms with van der Waals surface area (Å²) in [5.74, 6) is -2.03. The number of carbonyl (C=O) groups is 2. The minimum absolute atomic E-state index is 0.565. The average Bonchev–Trinajstić information content (AvgIpc) is 2.63. The molecule has 3 N–H and O–H groups in total. The Balaban J connectivity index is 2.07. The highest BCUT2D eigenvalue weighted by molar-refractivity contribution is 8.01.